The molecule has 0 unspecified atom stereocenters. The first kappa shape index (κ1) is 16.1. The molecule has 0 radical (unpaired) electrons. The number of nitrogens with zero attached hydrogens (tertiary/aromatic N) is 2. The number of carbonyl (C=O) groups is 2. The van der Waals surface area contributed by atoms with Crippen LogP contribution in [0.1, 0.15) is 19.8 Å². The van der Waals surface area contributed by atoms with Crippen LogP contribution in [-0.2, 0) is 9.59 Å². The summed E-state index contributed by atoms with van der Waals surface area (Å²) < 4.78 is 0. The molecule has 1 fully saturated rings. The maximum atomic E-state index is 12.0. The first-order valence-electron chi connectivity index (χ1n) is 7.61. The van der Waals surface area contributed by atoms with E-state index in [0.29, 0.717) is 6.54 Å². The van der Waals surface area contributed by atoms with E-state index in [1.165, 1.54) is 30.4 Å². The molecule has 0 aliphatic carbocycles. The van der Waals surface area contributed by atoms with Crippen LogP contribution in [0.5, 0.6) is 0 Å². The third-order valence-corrected chi connectivity index (χ3v) is 3.75. The lowest BCUT2D eigenvalue weighted by atomic mass is 10.2. The van der Waals surface area contributed by atoms with E-state index in [4.69, 9.17) is 0 Å². The number of hydrogen-bond donors (Lipinski definition) is 1. The molecule has 1 aliphatic heterocycles. The Balaban J connectivity index is 1.90. The Morgan fingerprint density at radius 1 is 1.27 bits per heavy atom. The van der Waals surface area contributed by atoms with Crippen molar-refractivity contribution in [2.45, 2.75) is 19.8 Å². The Hall–Kier alpha value is -2.30. The van der Waals surface area contributed by atoms with Crippen LogP contribution in [0.3, 0.4) is 0 Å². The van der Waals surface area contributed by atoms with Crippen LogP contribution in [0.2, 0.25) is 0 Å². The van der Waals surface area contributed by atoms with Gasteiger partial charge in [0.05, 0.1) is 0 Å². The lowest BCUT2D eigenvalue weighted by Crippen LogP contribution is -2.36. The van der Waals surface area contributed by atoms with Crippen molar-refractivity contribution in [2.75, 3.05) is 36.4 Å². The minimum absolute atomic E-state index is 0.0369. The Bertz CT molecular complexity index is 533. The maximum absolute atomic E-state index is 12.0. The molecule has 22 heavy (non-hydrogen) atoms. The number of carbonyl (C=O) groups excluding carboxylic acids is 2. The van der Waals surface area contributed by atoms with Crippen LogP contribution in [0.4, 0.5) is 11.4 Å². The van der Waals surface area contributed by atoms with Crippen molar-refractivity contribution in [3.05, 3.63) is 36.9 Å². The Morgan fingerprint density at radius 3 is 2.45 bits per heavy atom. The van der Waals surface area contributed by atoms with Crippen LogP contribution in [0, 0.1) is 0 Å². The van der Waals surface area contributed by atoms with Crippen molar-refractivity contribution in [3.8, 4) is 0 Å². The fraction of sp³-hybridized carbons (Fsp3) is 0.412. The second-order valence-corrected chi connectivity index (χ2v) is 5.48. The molecule has 2 amide bonds. The van der Waals surface area contributed by atoms with E-state index < -0.39 is 0 Å². The second kappa shape index (κ2) is 7.64. The van der Waals surface area contributed by atoms with Crippen LogP contribution >= 0.6 is 0 Å². The lowest BCUT2D eigenvalue weighted by Gasteiger charge is -2.19. The summed E-state index contributed by atoms with van der Waals surface area (Å²) in [5, 5.41) is 2.82. The van der Waals surface area contributed by atoms with E-state index in [0.717, 1.165) is 18.8 Å². The molecule has 1 heterocycles. The summed E-state index contributed by atoms with van der Waals surface area (Å²) >= 11 is 0. The van der Waals surface area contributed by atoms with Crippen LogP contribution in [0.25, 0.3) is 0 Å². The van der Waals surface area contributed by atoms with Gasteiger partial charge in [-0.2, -0.15) is 0 Å². The van der Waals surface area contributed by atoms with E-state index in [-0.39, 0.29) is 18.4 Å². The van der Waals surface area contributed by atoms with Gasteiger partial charge in [-0.05, 0) is 37.1 Å². The van der Waals surface area contributed by atoms with Crippen molar-refractivity contribution in [1.29, 1.82) is 0 Å². The quantitative estimate of drug-likeness (QED) is 0.820. The molecule has 2 rings (SSSR count). The van der Waals surface area contributed by atoms with Crippen molar-refractivity contribution in [2.24, 2.45) is 0 Å². The molecule has 1 N–H and O–H groups in total. The number of benzene rings is 1. The van der Waals surface area contributed by atoms with Crippen LogP contribution in [-0.4, -0.2) is 42.9 Å². The summed E-state index contributed by atoms with van der Waals surface area (Å²) in [4.78, 5) is 27.2. The smallest absolute Gasteiger partial charge is 0.244 e. The predicted molar refractivity (Wildman–Crippen MR) is 89.0 cm³/mol. The van der Waals surface area contributed by atoms with E-state index in [1.807, 2.05) is 24.3 Å². The monoisotopic (exact) mass is 301 g/mol. The number of anilines is 2. The standard InChI is InChI=1S/C17H23N3O2/c1-3-10-20(14(2)21)13-17(22)18-15-6-8-16(9-7-15)19-11-4-5-12-19/h3,6-9H,1,4-5,10-13H2,2H3,(H,18,22). The van der Waals surface area contributed by atoms with E-state index in [2.05, 4.69) is 16.8 Å². The van der Waals surface area contributed by atoms with Crippen molar-refractivity contribution >= 4 is 23.2 Å². The van der Waals surface area contributed by atoms with Gasteiger partial charge in [0.25, 0.3) is 0 Å². The fourth-order valence-corrected chi connectivity index (χ4v) is 2.57. The van der Waals surface area contributed by atoms with E-state index in [9.17, 15) is 9.59 Å². The molecule has 1 aromatic rings. The van der Waals surface area contributed by atoms with Crippen molar-refractivity contribution in [3.63, 3.8) is 0 Å². The van der Waals surface area contributed by atoms with Crippen molar-refractivity contribution < 1.29 is 9.59 Å². The highest BCUT2D eigenvalue weighted by Crippen LogP contribution is 2.21. The largest absolute Gasteiger partial charge is 0.372 e. The predicted octanol–water partition coefficient (Wildman–Crippen LogP) is 2.26. The Labute approximate surface area is 131 Å². The van der Waals surface area contributed by atoms with Gasteiger partial charge in [-0.25, -0.2) is 0 Å². The summed E-state index contributed by atoms with van der Waals surface area (Å²) in [5.41, 5.74) is 1.93. The first-order chi connectivity index (χ1) is 10.6. The SMILES string of the molecule is C=CCN(CC(=O)Nc1ccc(N2CCCC2)cc1)C(C)=O. The zero-order chi connectivity index (χ0) is 15.9. The molecule has 0 atom stereocenters. The van der Waals surface area contributed by atoms with Gasteiger partial charge in [0, 0.05) is 37.9 Å². The molecule has 1 aliphatic rings. The number of nitrogens with one attached hydrogen (secondary N) is 1. The zero-order valence-electron chi connectivity index (χ0n) is 13.0. The molecule has 0 bridgehead atoms. The number of hydrogen-bond acceptors (Lipinski definition) is 3. The van der Waals surface area contributed by atoms with Gasteiger partial charge in [-0.3, -0.25) is 9.59 Å². The van der Waals surface area contributed by atoms with Gasteiger partial charge in [-0.1, -0.05) is 6.08 Å². The second-order valence-electron chi connectivity index (χ2n) is 5.48. The minimum Gasteiger partial charge on any atom is -0.372 e. The molecule has 5 heteroatoms. The van der Waals surface area contributed by atoms with Crippen LogP contribution in [0.15, 0.2) is 36.9 Å². The summed E-state index contributed by atoms with van der Waals surface area (Å²) in [6.07, 6.45) is 4.09. The molecule has 5 nitrogen and oxygen atoms in total. The average Bonchev–Trinajstić information content (AvgIpc) is 3.01. The summed E-state index contributed by atoms with van der Waals surface area (Å²) in [5.74, 6) is -0.342. The van der Waals surface area contributed by atoms with Gasteiger partial charge in [0.15, 0.2) is 0 Å². The van der Waals surface area contributed by atoms with Gasteiger partial charge in [0.1, 0.15) is 6.54 Å². The average molecular weight is 301 g/mol. The van der Waals surface area contributed by atoms with Gasteiger partial charge >= 0.3 is 0 Å². The van der Waals surface area contributed by atoms with Gasteiger partial charge < -0.3 is 15.1 Å². The third-order valence-electron chi connectivity index (χ3n) is 3.75. The number of amides is 2. The minimum atomic E-state index is -0.203. The summed E-state index contributed by atoms with van der Waals surface area (Å²) in [7, 11) is 0. The third kappa shape index (κ3) is 4.35. The molecule has 0 spiro atoms. The molecule has 118 valence electrons. The Morgan fingerprint density at radius 2 is 1.91 bits per heavy atom. The highest BCUT2D eigenvalue weighted by molar-refractivity contribution is 5.94. The molecule has 0 aromatic heterocycles. The van der Waals surface area contributed by atoms with E-state index in [1.54, 1.807) is 6.08 Å². The van der Waals surface area contributed by atoms with Gasteiger partial charge in [-0.15, -0.1) is 6.58 Å². The lowest BCUT2D eigenvalue weighted by molar-refractivity contribution is -0.132. The van der Waals surface area contributed by atoms with E-state index >= 15 is 0 Å². The maximum Gasteiger partial charge on any atom is 0.244 e. The molecular weight excluding hydrogens is 278 g/mol. The highest BCUT2D eigenvalue weighted by atomic mass is 16.2. The topological polar surface area (TPSA) is 52.7 Å². The normalized spacial score (nSPS) is 13.8. The molecule has 1 aromatic carbocycles. The highest BCUT2D eigenvalue weighted by Gasteiger charge is 2.14. The summed E-state index contributed by atoms with van der Waals surface area (Å²) in [6, 6.07) is 7.84. The molecule has 1 saturated heterocycles. The molecule has 0 saturated carbocycles. The summed E-state index contributed by atoms with van der Waals surface area (Å²) in [6.45, 7) is 7.64. The van der Waals surface area contributed by atoms with Gasteiger partial charge in [0.2, 0.25) is 11.8 Å². The van der Waals surface area contributed by atoms with Crippen LogP contribution < -0.4 is 10.2 Å². The Kier molecular flexibility index (Phi) is 5.58. The fourth-order valence-electron chi connectivity index (χ4n) is 2.57. The number of rotatable bonds is 6. The molecular formula is C17H23N3O2. The van der Waals surface area contributed by atoms with Crippen molar-refractivity contribution in [1.82, 2.24) is 4.90 Å². The first-order valence-corrected chi connectivity index (χ1v) is 7.61. The zero-order valence-corrected chi connectivity index (χ0v) is 13.0.